The molecule has 0 unspecified atom stereocenters. The first-order valence-electron chi connectivity index (χ1n) is 7.09. The van der Waals surface area contributed by atoms with Crippen LogP contribution in [0.5, 0.6) is 5.75 Å². The number of halogens is 1. The van der Waals surface area contributed by atoms with E-state index in [1.54, 1.807) is 12.1 Å². The number of thiocarbonyl (C=S) groups is 1. The molecular formula is C17H19FN2OS. The van der Waals surface area contributed by atoms with Crippen molar-refractivity contribution in [3.05, 3.63) is 59.9 Å². The summed E-state index contributed by atoms with van der Waals surface area (Å²) in [5.74, 6) is 0.582. The van der Waals surface area contributed by atoms with Crippen LogP contribution in [0.4, 0.5) is 10.1 Å². The molecule has 2 rings (SSSR count). The minimum atomic E-state index is -0.270. The van der Waals surface area contributed by atoms with Crippen molar-refractivity contribution in [2.24, 2.45) is 0 Å². The van der Waals surface area contributed by atoms with Gasteiger partial charge in [-0.1, -0.05) is 12.1 Å². The average molecular weight is 318 g/mol. The second kappa shape index (κ2) is 7.75. The van der Waals surface area contributed by atoms with E-state index in [2.05, 4.69) is 10.6 Å². The zero-order valence-electron chi connectivity index (χ0n) is 12.6. The number of benzene rings is 2. The first-order valence-corrected chi connectivity index (χ1v) is 7.50. The van der Waals surface area contributed by atoms with Gasteiger partial charge in [0.1, 0.15) is 11.6 Å². The predicted molar refractivity (Wildman–Crippen MR) is 91.7 cm³/mol. The molecule has 0 saturated carbocycles. The Kier molecular flexibility index (Phi) is 5.72. The molecule has 0 saturated heterocycles. The van der Waals surface area contributed by atoms with Gasteiger partial charge in [-0.05, 0) is 68.0 Å². The summed E-state index contributed by atoms with van der Waals surface area (Å²) in [5.41, 5.74) is 1.85. The van der Waals surface area contributed by atoms with Crippen molar-refractivity contribution in [2.75, 3.05) is 5.32 Å². The van der Waals surface area contributed by atoms with E-state index in [0.717, 1.165) is 17.0 Å². The van der Waals surface area contributed by atoms with Gasteiger partial charge in [0.15, 0.2) is 5.11 Å². The van der Waals surface area contributed by atoms with E-state index >= 15 is 0 Å². The third-order valence-electron chi connectivity index (χ3n) is 2.85. The van der Waals surface area contributed by atoms with Gasteiger partial charge < -0.3 is 15.4 Å². The van der Waals surface area contributed by atoms with E-state index in [4.69, 9.17) is 17.0 Å². The third kappa shape index (κ3) is 5.33. The molecule has 0 heterocycles. The van der Waals surface area contributed by atoms with Crippen LogP contribution in [0.25, 0.3) is 0 Å². The molecule has 0 amide bonds. The van der Waals surface area contributed by atoms with Crippen molar-refractivity contribution in [1.82, 2.24) is 5.32 Å². The molecule has 5 heteroatoms. The molecule has 0 bridgehead atoms. The summed E-state index contributed by atoms with van der Waals surface area (Å²) in [6, 6.07) is 13.9. The van der Waals surface area contributed by atoms with Gasteiger partial charge in [-0.3, -0.25) is 0 Å². The lowest BCUT2D eigenvalue weighted by Crippen LogP contribution is -2.27. The molecule has 0 fully saturated rings. The fraction of sp³-hybridized carbons (Fsp3) is 0.235. The standard InChI is InChI=1S/C17H19FN2OS/c1-12(2)21-16-9-3-13(4-10-16)11-19-17(22)20-15-7-5-14(18)6-8-15/h3-10,12H,11H2,1-2H3,(H2,19,20,22). The van der Waals surface area contributed by atoms with Crippen LogP contribution in [0.2, 0.25) is 0 Å². The lowest BCUT2D eigenvalue weighted by atomic mass is 10.2. The Bertz CT molecular complexity index is 612. The second-order valence-electron chi connectivity index (χ2n) is 5.13. The van der Waals surface area contributed by atoms with E-state index in [0.29, 0.717) is 11.7 Å². The van der Waals surface area contributed by atoms with Crippen LogP contribution in [-0.2, 0) is 6.54 Å². The molecule has 22 heavy (non-hydrogen) atoms. The highest BCUT2D eigenvalue weighted by atomic mass is 32.1. The molecule has 0 aliphatic rings. The number of nitrogens with one attached hydrogen (secondary N) is 2. The Labute approximate surface area is 135 Å². The smallest absolute Gasteiger partial charge is 0.171 e. The monoisotopic (exact) mass is 318 g/mol. The fourth-order valence-electron chi connectivity index (χ4n) is 1.85. The highest BCUT2D eigenvalue weighted by molar-refractivity contribution is 7.80. The minimum Gasteiger partial charge on any atom is -0.491 e. The largest absolute Gasteiger partial charge is 0.491 e. The van der Waals surface area contributed by atoms with Crippen molar-refractivity contribution >= 4 is 23.0 Å². The average Bonchev–Trinajstić information content (AvgIpc) is 2.48. The van der Waals surface area contributed by atoms with Crippen LogP contribution in [0.1, 0.15) is 19.4 Å². The van der Waals surface area contributed by atoms with Crippen LogP contribution in [-0.4, -0.2) is 11.2 Å². The van der Waals surface area contributed by atoms with Gasteiger partial charge in [-0.2, -0.15) is 0 Å². The fourth-order valence-corrected chi connectivity index (χ4v) is 2.04. The number of rotatable bonds is 5. The van der Waals surface area contributed by atoms with Crippen LogP contribution < -0.4 is 15.4 Å². The van der Waals surface area contributed by atoms with Gasteiger partial charge >= 0.3 is 0 Å². The topological polar surface area (TPSA) is 33.3 Å². The zero-order chi connectivity index (χ0) is 15.9. The SMILES string of the molecule is CC(C)Oc1ccc(CNC(=S)Nc2ccc(F)cc2)cc1. The van der Waals surface area contributed by atoms with E-state index in [1.807, 2.05) is 38.1 Å². The zero-order valence-corrected chi connectivity index (χ0v) is 13.4. The highest BCUT2D eigenvalue weighted by Crippen LogP contribution is 2.14. The van der Waals surface area contributed by atoms with Crippen LogP contribution in [0.3, 0.4) is 0 Å². The Morgan fingerprint density at radius 3 is 2.32 bits per heavy atom. The molecule has 2 aromatic carbocycles. The summed E-state index contributed by atoms with van der Waals surface area (Å²) < 4.78 is 18.4. The molecule has 0 atom stereocenters. The van der Waals surface area contributed by atoms with Crippen LogP contribution in [0.15, 0.2) is 48.5 Å². The second-order valence-corrected chi connectivity index (χ2v) is 5.53. The summed E-state index contributed by atoms with van der Waals surface area (Å²) in [6.07, 6.45) is 0.163. The summed E-state index contributed by atoms with van der Waals surface area (Å²) in [6.45, 7) is 4.60. The van der Waals surface area contributed by atoms with Crippen molar-refractivity contribution in [3.63, 3.8) is 0 Å². The van der Waals surface area contributed by atoms with Crippen molar-refractivity contribution in [3.8, 4) is 5.75 Å². The maximum absolute atomic E-state index is 12.8. The quantitative estimate of drug-likeness (QED) is 0.813. The molecule has 0 aromatic heterocycles. The maximum atomic E-state index is 12.8. The Morgan fingerprint density at radius 2 is 1.73 bits per heavy atom. The molecule has 0 radical (unpaired) electrons. The minimum absolute atomic E-state index is 0.163. The van der Waals surface area contributed by atoms with Crippen LogP contribution >= 0.6 is 12.2 Å². The lowest BCUT2D eigenvalue weighted by Gasteiger charge is -2.12. The first kappa shape index (κ1) is 16.2. The number of anilines is 1. The third-order valence-corrected chi connectivity index (χ3v) is 3.10. The Hall–Kier alpha value is -2.14. The molecular weight excluding hydrogens is 299 g/mol. The summed E-state index contributed by atoms with van der Waals surface area (Å²) in [4.78, 5) is 0. The van der Waals surface area contributed by atoms with E-state index in [1.165, 1.54) is 12.1 Å². The van der Waals surface area contributed by atoms with Gasteiger partial charge in [-0.15, -0.1) is 0 Å². The van der Waals surface area contributed by atoms with E-state index in [9.17, 15) is 4.39 Å². The molecule has 0 aliphatic carbocycles. The Balaban J connectivity index is 1.81. The summed E-state index contributed by atoms with van der Waals surface area (Å²) >= 11 is 5.21. The van der Waals surface area contributed by atoms with Crippen LogP contribution in [0, 0.1) is 5.82 Å². The molecule has 2 N–H and O–H groups in total. The number of ether oxygens (including phenoxy) is 1. The summed E-state index contributed by atoms with van der Waals surface area (Å²) in [7, 11) is 0. The lowest BCUT2D eigenvalue weighted by molar-refractivity contribution is 0.242. The molecule has 2 aromatic rings. The predicted octanol–water partition coefficient (Wildman–Crippen LogP) is 4.10. The van der Waals surface area contributed by atoms with Crippen molar-refractivity contribution < 1.29 is 9.13 Å². The van der Waals surface area contributed by atoms with Gasteiger partial charge in [0, 0.05) is 12.2 Å². The van der Waals surface area contributed by atoms with E-state index in [-0.39, 0.29) is 11.9 Å². The molecule has 116 valence electrons. The van der Waals surface area contributed by atoms with Crippen molar-refractivity contribution in [1.29, 1.82) is 0 Å². The molecule has 0 spiro atoms. The summed E-state index contributed by atoms with van der Waals surface area (Å²) in [5, 5.41) is 6.61. The molecule has 3 nitrogen and oxygen atoms in total. The number of hydrogen-bond donors (Lipinski definition) is 2. The first-order chi connectivity index (χ1) is 10.5. The van der Waals surface area contributed by atoms with Gasteiger partial charge in [0.2, 0.25) is 0 Å². The van der Waals surface area contributed by atoms with E-state index < -0.39 is 0 Å². The highest BCUT2D eigenvalue weighted by Gasteiger charge is 2.00. The van der Waals surface area contributed by atoms with Gasteiger partial charge in [0.05, 0.1) is 6.10 Å². The number of hydrogen-bond acceptors (Lipinski definition) is 2. The van der Waals surface area contributed by atoms with Gasteiger partial charge in [0.25, 0.3) is 0 Å². The van der Waals surface area contributed by atoms with Crippen molar-refractivity contribution in [2.45, 2.75) is 26.5 Å². The molecule has 0 aliphatic heterocycles. The normalized spacial score (nSPS) is 10.4. The Morgan fingerprint density at radius 1 is 1.09 bits per heavy atom. The van der Waals surface area contributed by atoms with Gasteiger partial charge in [-0.25, -0.2) is 4.39 Å². The maximum Gasteiger partial charge on any atom is 0.171 e.